The van der Waals surface area contributed by atoms with Gasteiger partial charge in [0.1, 0.15) is 0 Å². The molecule has 0 aromatic heterocycles. The van der Waals surface area contributed by atoms with Gasteiger partial charge in [0, 0.05) is 11.8 Å². The highest BCUT2D eigenvalue weighted by molar-refractivity contribution is 5.90. The highest BCUT2D eigenvalue weighted by Crippen LogP contribution is 2.35. The molecule has 1 N–H and O–H groups in total. The molecule has 84 valence electrons. The molecule has 1 aromatic carbocycles. The van der Waals surface area contributed by atoms with Crippen molar-refractivity contribution in [1.29, 1.82) is 0 Å². The van der Waals surface area contributed by atoms with Crippen LogP contribution in [-0.2, 0) is 12.8 Å². The van der Waals surface area contributed by atoms with Gasteiger partial charge in [-0.2, -0.15) is 0 Å². The maximum Gasteiger partial charge on any atom is 0.0639 e. The van der Waals surface area contributed by atoms with Crippen molar-refractivity contribution in [3.63, 3.8) is 0 Å². The molecule has 2 bridgehead atoms. The van der Waals surface area contributed by atoms with Crippen LogP contribution in [0.4, 0.5) is 0 Å². The van der Waals surface area contributed by atoms with E-state index in [-0.39, 0.29) is 0 Å². The second kappa shape index (κ2) is 3.93. The van der Waals surface area contributed by atoms with Crippen molar-refractivity contribution >= 4 is 5.71 Å². The first kappa shape index (κ1) is 9.88. The van der Waals surface area contributed by atoms with Crippen LogP contribution in [0.2, 0.25) is 0 Å². The molecule has 3 rings (SSSR count). The number of oxime groups is 1. The van der Waals surface area contributed by atoms with Gasteiger partial charge in [-0.1, -0.05) is 35.8 Å². The molecule has 1 saturated carbocycles. The predicted molar refractivity (Wildman–Crippen MR) is 63.9 cm³/mol. The quantitative estimate of drug-likeness (QED) is 0.523. The smallest absolute Gasteiger partial charge is 0.0639 e. The Hall–Kier alpha value is -1.31. The molecule has 0 unspecified atom stereocenters. The van der Waals surface area contributed by atoms with Crippen molar-refractivity contribution in [3.8, 4) is 0 Å². The van der Waals surface area contributed by atoms with Crippen molar-refractivity contribution < 1.29 is 5.21 Å². The fourth-order valence-electron chi connectivity index (χ4n) is 3.30. The zero-order chi connectivity index (χ0) is 11.0. The van der Waals surface area contributed by atoms with E-state index in [0.29, 0.717) is 11.8 Å². The first-order valence-corrected chi connectivity index (χ1v) is 6.17. The third-order valence-corrected chi connectivity index (χ3v) is 4.11. The Kier molecular flexibility index (Phi) is 2.43. The van der Waals surface area contributed by atoms with E-state index in [1.807, 2.05) is 0 Å². The third kappa shape index (κ3) is 1.53. The zero-order valence-electron chi connectivity index (χ0n) is 9.39. The molecule has 0 heterocycles. The van der Waals surface area contributed by atoms with Gasteiger partial charge in [-0.05, 0) is 36.8 Å². The van der Waals surface area contributed by atoms with E-state index in [0.717, 1.165) is 18.6 Å². The van der Waals surface area contributed by atoms with E-state index in [4.69, 9.17) is 0 Å². The minimum atomic E-state index is 0.479. The van der Waals surface area contributed by atoms with E-state index < -0.39 is 0 Å². The summed E-state index contributed by atoms with van der Waals surface area (Å²) in [5, 5.41) is 12.8. The molecule has 2 atom stereocenters. The summed E-state index contributed by atoms with van der Waals surface area (Å²) in [7, 11) is 0. The van der Waals surface area contributed by atoms with Crippen molar-refractivity contribution in [1.82, 2.24) is 0 Å². The van der Waals surface area contributed by atoms with Crippen molar-refractivity contribution in [2.24, 2.45) is 17.0 Å². The summed E-state index contributed by atoms with van der Waals surface area (Å²) in [6.07, 6.45) is 5.77. The van der Waals surface area contributed by atoms with Crippen LogP contribution in [0.15, 0.2) is 29.4 Å². The number of fused-ring (bicyclic) bond motifs is 3. The molecule has 2 aliphatic carbocycles. The van der Waals surface area contributed by atoms with E-state index in [1.165, 1.54) is 30.4 Å². The van der Waals surface area contributed by atoms with Gasteiger partial charge in [0.2, 0.25) is 0 Å². The SMILES string of the molecule is ON=C1[C@@H]2CCC[C@@H]1Cc1ccccc1C2. The van der Waals surface area contributed by atoms with Crippen LogP contribution in [-0.4, -0.2) is 10.9 Å². The van der Waals surface area contributed by atoms with Crippen LogP contribution in [0, 0.1) is 11.8 Å². The molecule has 2 heteroatoms. The van der Waals surface area contributed by atoms with Gasteiger partial charge >= 0.3 is 0 Å². The van der Waals surface area contributed by atoms with E-state index in [9.17, 15) is 5.21 Å². The van der Waals surface area contributed by atoms with Gasteiger partial charge in [0.05, 0.1) is 5.71 Å². The number of hydrogen-bond donors (Lipinski definition) is 1. The zero-order valence-corrected chi connectivity index (χ0v) is 9.39. The maximum absolute atomic E-state index is 9.19. The van der Waals surface area contributed by atoms with Crippen LogP contribution in [0.5, 0.6) is 0 Å². The fourth-order valence-corrected chi connectivity index (χ4v) is 3.30. The topological polar surface area (TPSA) is 32.6 Å². The molecule has 2 aliphatic rings. The summed E-state index contributed by atoms with van der Waals surface area (Å²) in [4.78, 5) is 0. The fraction of sp³-hybridized carbons (Fsp3) is 0.500. The number of rotatable bonds is 0. The number of hydrogen-bond acceptors (Lipinski definition) is 2. The summed E-state index contributed by atoms with van der Waals surface area (Å²) < 4.78 is 0. The van der Waals surface area contributed by atoms with Gasteiger partial charge in [0.25, 0.3) is 0 Å². The van der Waals surface area contributed by atoms with E-state index in [1.54, 1.807) is 0 Å². The molecular formula is C14H17NO. The molecule has 0 spiro atoms. The lowest BCUT2D eigenvalue weighted by molar-refractivity contribution is 0.301. The molecule has 0 aliphatic heterocycles. The highest BCUT2D eigenvalue weighted by Gasteiger charge is 2.33. The van der Waals surface area contributed by atoms with Gasteiger partial charge in [-0.3, -0.25) is 0 Å². The lowest BCUT2D eigenvalue weighted by atomic mass is 9.78. The Bertz CT molecular complexity index is 389. The van der Waals surface area contributed by atoms with Crippen LogP contribution in [0.1, 0.15) is 30.4 Å². The first-order chi connectivity index (χ1) is 7.88. The third-order valence-electron chi connectivity index (χ3n) is 4.11. The molecule has 0 amide bonds. The Morgan fingerprint density at radius 3 is 2.06 bits per heavy atom. The molecule has 1 fully saturated rings. The average Bonchev–Trinajstić information content (AvgIpc) is 2.39. The summed E-state index contributed by atoms with van der Waals surface area (Å²) in [5.74, 6) is 0.958. The lowest BCUT2D eigenvalue weighted by Crippen LogP contribution is -2.29. The highest BCUT2D eigenvalue weighted by atomic mass is 16.4. The van der Waals surface area contributed by atoms with Crippen LogP contribution in [0.3, 0.4) is 0 Å². The summed E-state index contributed by atoms with van der Waals surface area (Å²) in [6.45, 7) is 0. The molecule has 16 heavy (non-hydrogen) atoms. The average molecular weight is 215 g/mol. The Labute approximate surface area is 96.0 Å². The van der Waals surface area contributed by atoms with Gasteiger partial charge in [-0.15, -0.1) is 0 Å². The minimum Gasteiger partial charge on any atom is -0.411 e. The lowest BCUT2D eigenvalue weighted by Gasteiger charge is -2.27. The monoisotopic (exact) mass is 215 g/mol. The van der Waals surface area contributed by atoms with Crippen molar-refractivity contribution in [3.05, 3.63) is 35.4 Å². The van der Waals surface area contributed by atoms with E-state index in [2.05, 4.69) is 29.4 Å². The second-order valence-electron chi connectivity index (χ2n) is 5.03. The predicted octanol–water partition coefficient (Wildman–Crippen LogP) is 3.03. The van der Waals surface area contributed by atoms with Crippen molar-refractivity contribution in [2.45, 2.75) is 32.1 Å². The van der Waals surface area contributed by atoms with Gasteiger partial charge in [-0.25, -0.2) is 0 Å². The molecule has 0 radical (unpaired) electrons. The maximum atomic E-state index is 9.19. The number of nitrogens with zero attached hydrogens (tertiary/aromatic N) is 1. The first-order valence-electron chi connectivity index (χ1n) is 6.17. The van der Waals surface area contributed by atoms with Crippen molar-refractivity contribution in [2.75, 3.05) is 0 Å². The van der Waals surface area contributed by atoms with Crippen LogP contribution in [0.25, 0.3) is 0 Å². The summed E-state index contributed by atoms with van der Waals surface area (Å²) in [6, 6.07) is 8.68. The molecule has 2 nitrogen and oxygen atoms in total. The number of benzene rings is 1. The molecular weight excluding hydrogens is 198 g/mol. The Morgan fingerprint density at radius 1 is 1.00 bits per heavy atom. The largest absolute Gasteiger partial charge is 0.411 e. The molecule has 1 aromatic rings. The Morgan fingerprint density at radius 2 is 1.56 bits per heavy atom. The molecule has 0 saturated heterocycles. The normalized spacial score (nSPS) is 28.1. The van der Waals surface area contributed by atoms with Gasteiger partial charge < -0.3 is 5.21 Å². The summed E-state index contributed by atoms with van der Waals surface area (Å²) >= 11 is 0. The van der Waals surface area contributed by atoms with Crippen LogP contribution < -0.4 is 0 Å². The van der Waals surface area contributed by atoms with E-state index >= 15 is 0 Å². The second-order valence-corrected chi connectivity index (χ2v) is 5.03. The van der Waals surface area contributed by atoms with Gasteiger partial charge in [0.15, 0.2) is 0 Å². The summed E-state index contributed by atoms with van der Waals surface area (Å²) in [5.41, 5.74) is 3.97. The standard InChI is InChI=1S/C14H17NO/c16-15-14-12-6-3-7-13(14)9-11-5-2-1-4-10(11)8-12/h1-2,4-5,12-13,16H,3,6-9H2/t12-,13-/m1/s1. The van der Waals surface area contributed by atoms with Crippen LogP contribution >= 0.6 is 0 Å². The Balaban J connectivity index is 2.04. The minimum absolute atomic E-state index is 0.479.